The van der Waals surface area contributed by atoms with Crippen LogP contribution in [0.4, 0.5) is 0 Å². The van der Waals surface area contributed by atoms with Crippen LogP contribution in [0.5, 0.6) is 0 Å². The Kier molecular flexibility index (Phi) is 4.12. The number of aryl methyl sites for hydroxylation is 1. The fourth-order valence-electron chi connectivity index (χ4n) is 3.43. The maximum atomic E-state index is 12.5. The predicted molar refractivity (Wildman–Crippen MR) is 105 cm³/mol. The van der Waals surface area contributed by atoms with Gasteiger partial charge in [-0.15, -0.1) is 0 Å². The third-order valence-electron chi connectivity index (χ3n) is 4.62. The topological polar surface area (TPSA) is 64.2 Å². The number of nitrogens with zero attached hydrogens (tertiary/aromatic N) is 2. The Labute approximate surface area is 155 Å². The molecule has 2 heterocycles. The Bertz CT molecular complexity index is 1200. The molecule has 5 heteroatoms. The van der Waals surface area contributed by atoms with Gasteiger partial charge in [0.15, 0.2) is 0 Å². The minimum atomic E-state index is -1.02. The minimum absolute atomic E-state index is 0.154. The number of carboxylic acids is 1. The first-order chi connectivity index (χ1) is 13.0. The van der Waals surface area contributed by atoms with Gasteiger partial charge in [0, 0.05) is 18.3 Å². The van der Waals surface area contributed by atoms with Gasteiger partial charge in [-0.05, 0) is 36.8 Å². The second kappa shape index (κ2) is 6.61. The number of para-hydroxylation sites is 1. The Morgan fingerprint density at radius 1 is 0.926 bits per heavy atom. The molecule has 0 aliphatic carbocycles. The first-order valence-corrected chi connectivity index (χ1v) is 8.64. The number of benzene rings is 2. The normalized spacial score (nSPS) is 11.0. The fraction of sp³-hybridized carbons (Fsp3) is 0.0909. The number of fused-ring (bicyclic) bond motifs is 1. The van der Waals surface area contributed by atoms with Gasteiger partial charge in [-0.25, -0.2) is 4.79 Å². The van der Waals surface area contributed by atoms with E-state index < -0.39 is 5.97 Å². The maximum absolute atomic E-state index is 12.5. The Morgan fingerprint density at radius 3 is 2.41 bits per heavy atom. The first-order valence-electron chi connectivity index (χ1n) is 8.64. The van der Waals surface area contributed by atoms with E-state index in [4.69, 9.17) is 0 Å². The number of aromatic carboxylic acids is 1. The van der Waals surface area contributed by atoms with Crippen molar-refractivity contribution in [2.24, 2.45) is 0 Å². The first kappa shape index (κ1) is 16.8. The summed E-state index contributed by atoms with van der Waals surface area (Å²) in [4.78, 5) is 24.4. The zero-order valence-corrected chi connectivity index (χ0v) is 14.8. The summed E-state index contributed by atoms with van der Waals surface area (Å²) >= 11 is 0. The van der Waals surface area contributed by atoms with Crippen LogP contribution in [0.2, 0.25) is 0 Å². The monoisotopic (exact) mass is 358 g/mol. The molecule has 2 aromatic heterocycles. The molecular weight excluding hydrogens is 340 g/mol. The Hall–Kier alpha value is -3.60. The second-order valence-corrected chi connectivity index (χ2v) is 6.52. The van der Waals surface area contributed by atoms with Crippen molar-refractivity contribution < 1.29 is 9.90 Å². The zero-order valence-electron chi connectivity index (χ0n) is 14.8. The van der Waals surface area contributed by atoms with Crippen molar-refractivity contribution >= 4 is 17.0 Å². The summed E-state index contributed by atoms with van der Waals surface area (Å²) in [5.41, 5.74) is 4.07. The number of carbonyl (C=O) groups is 1. The van der Waals surface area contributed by atoms with Gasteiger partial charge in [-0.1, -0.05) is 48.0 Å². The van der Waals surface area contributed by atoms with E-state index in [2.05, 4.69) is 0 Å². The molecule has 1 N–H and O–H groups in total. The molecule has 0 saturated carbocycles. The lowest BCUT2D eigenvalue weighted by atomic mass is 10.1. The van der Waals surface area contributed by atoms with Crippen LogP contribution in [-0.2, 0) is 6.54 Å². The molecule has 0 aliphatic rings. The molecule has 0 fully saturated rings. The van der Waals surface area contributed by atoms with Gasteiger partial charge in [0.05, 0.1) is 11.0 Å². The molecule has 0 radical (unpaired) electrons. The van der Waals surface area contributed by atoms with Crippen LogP contribution >= 0.6 is 0 Å². The van der Waals surface area contributed by atoms with Crippen molar-refractivity contribution in [1.82, 2.24) is 9.13 Å². The van der Waals surface area contributed by atoms with Gasteiger partial charge < -0.3 is 9.67 Å². The van der Waals surface area contributed by atoms with Crippen LogP contribution in [0.1, 0.15) is 21.6 Å². The number of rotatable bonds is 4. The van der Waals surface area contributed by atoms with Crippen LogP contribution in [0.3, 0.4) is 0 Å². The van der Waals surface area contributed by atoms with Crippen LogP contribution in [0, 0.1) is 6.92 Å². The lowest BCUT2D eigenvalue weighted by Gasteiger charge is -2.11. The number of carboxylic acid groups (broad SMARTS) is 1. The van der Waals surface area contributed by atoms with Crippen molar-refractivity contribution in [3.63, 3.8) is 0 Å². The molecule has 4 rings (SSSR count). The van der Waals surface area contributed by atoms with Crippen molar-refractivity contribution in [2.45, 2.75) is 13.5 Å². The molecule has 134 valence electrons. The highest BCUT2D eigenvalue weighted by molar-refractivity contribution is 5.94. The number of hydrogen-bond acceptors (Lipinski definition) is 2. The van der Waals surface area contributed by atoms with E-state index in [1.807, 2.05) is 61.5 Å². The molecule has 2 aromatic carbocycles. The summed E-state index contributed by atoms with van der Waals surface area (Å²) < 4.78 is 3.29. The largest absolute Gasteiger partial charge is 0.477 e. The molecule has 4 aromatic rings. The van der Waals surface area contributed by atoms with Crippen molar-refractivity contribution in [3.8, 4) is 5.69 Å². The van der Waals surface area contributed by atoms with E-state index in [1.54, 1.807) is 21.3 Å². The molecule has 0 saturated heterocycles. The standard InChI is InChI=1S/C22H18N2O3/c1-15-6-5-7-16(12-15)14-23-18-10-11-21(25)24(17-8-3-2-4-9-17)19(18)13-20(23)22(26)27/h2-13H,14H2,1H3,(H,26,27). The number of aromatic nitrogens is 2. The van der Waals surface area contributed by atoms with Crippen molar-refractivity contribution in [2.75, 3.05) is 0 Å². The van der Waals surface area contributed by atoms with E-state index >= 15 is 0 Å². The molecule has 0 atom stereocenters. The highest BCUT2D eigenvalue weighted by Crippen LogP contribution is 2.23. The highest BCUT2D eigenvalue weighted by Gasteiger charge is 2.18. The molecular formula is C22H18N2O3. The van der Waals surface area contributed by atoms with Crippen LogP contribution < -0.4 is 5.56 Å². The lowest BCUT2D eigenvalue weighted by Crippen LogP contribution is -2.17. The average Bonchev–Trinajstić information content (AvgIpc) is 3.01. The van der Waals surface area contributed by atoms with Gasteiger partial charge in [-0.3, -0.25) is 9.36 Å². The smallest absolute Gasteiger partial charge is 0.352 e. The van der Waals surface area contributed by atoms with E-state index in [0.717, 1.165) is 11.1 Å². The molecule has 0 bridgehead atoms. The van der Waals surface area contributed by atoms with Crippen LogP contribution in [0.15, 0.2) is 77.6 Å². The van der Waals surface area contributed by atoms with Gasteiger partial charge in [0.25, 0.3) is 5.56 Å². The van der Waals surface area contributed by atoms with Gasteiger partial charge in [0.2, 0.25) is 0 Å². The third-order valence-corrected chi connectivity index (χ3v) is 4.62. The third kappa shape index (κ3) is 3.04. The second-order valence-electron chi connectivity index (χ2n) is 6.52. The van der Waals surface area contributed by atoms with Gasteiger partial charge in [-0.2, -0.15) is 0 Å². The van der Waals surface area contributed by atoms with Gasteiger partial charge in [0.1, 0.15) is 5.69 Å². The van der Waals surface area contributed by atoms with E-state index in [-0.39, 0.29) is 11.3 Å². The molecule has 27 heavy (non-hydrogen) atoms. The molecule has 5 nitrogen and oxygen atoms in total. The maximum Gasteiger partial charge on any atom is 0.352 e. The number of hydrogen-bond donors (Lipinski definition) is 1. The summed E-state index contributed by atoms with van der Waals surface area (Å²) in [5.74, 6) is -1.02. The van der Waals surface area contributed by atoms with Crippen molar-refractivity contribution in [1.29, 1.82) is 0 Å². The van der Waals surface area contributed by atoms with Crippen LogP contribution in [0.25, 0.3) is 16.7 Å². The lowest BCUT2D eigenvalue weighted by molar-refractivity contribution is 0.0686. The average molecular weight is 358 g/mol. The molecule has 0 unspecified atom stereocenters. The molecule has 0 amide bonds. The SMILES string of the molecule is Cc1cccc(Cn2c(C(=O)O)cc3c2ccc(=O)n3-c2ccccc2)c1. The highest BCUT2D eigenvalue weighted by atomic mass is 16.4. The fourth-order valence-corrected chi connectivity index (χ4v) is 3.43. The summed E-state index contributed by atoms with van der Waals surface area (Å²) in [6, 6.07) is 21.9. The van der Waals surface area contributed by atoms with Crippen LogP contribution in [-0.4, -0.2) is 20.2 Å². The summed E-state index contributed by atoms with van der Waals surface area (Å²) in [5, 5.41) is 9.72. The predicted octanol–water partition coefficient (Wildman–Crippen LogP) is 3.85. The number of pyridine rings is 1. The van der Waals surface area contributed by atoms with Gasteiger partial charge >= 0.3 is 5.97 Å². The van der Waals surface area contributed by atoms with E-state index in [0.29, 0.717) is 23.3 Å². The van der Waals surface area contributed by atoms with E-state index in [9.17, 15) is 14.7 Å². The summed E-state index contributed by atoms with van der Waals surface area (Å²) in [7, 11) is 0. The summed E-state index contributed by atoms with van der Waals surface area (Å²) in [6.07, 6.45) is 0. The van der Waals surface area contributed by atoms with Crippen molar-refractivity contribution in [3.05, 3.63) is 100.0 Å². The van der Waals surface area contributed by atoms with E-state index in [1.165, 1.54) is 6.07 Å². The minimum Gasteiger partial charge on any atom is -0.477 e. The zero-order chi connectivity index (χ0) is 19.0. The molecule has 0 spiro atoms. The Morgan fingerprint density at radius 2 is 1.70 bits per heavy atom. The molecule has 0 aliphatic heterocycles. The quantitative estimate of drug-likeness (QED) is 0.603. The summed E-state index contributed by atoms with van der Waals surface area (Å²) in [6.45, 7) is 2.42. The Balaban J connectivity index is 1.98.